The van der Waals surface area contributed by atoms with E-state index in [1.807, 2.05) is 0 Å². The fourth-order valence-corrected chi connectivity index (χ4v) is 2.69. The number of carboxylic acid groups (broad SMARTS) is 1. The topological polar surface area (TPSA) is 108 Å². The normalized spacial score (nSPS) is 12.7. The van der Waals surface area contributed by atoms with Gasteiger partial charge in [-0.2, -0.15) is 0 Å². The number of carboxylic acids is 1. The summed E-state index contributed by atoms with van der Waals surface area (Å²) in [5.41, 5.74) is 0.785. The fourth-order valence-electron chi connectivity index (χ4n) is 2.57. The summed E-state index contributed by atoms with van der Waals surface area (Å²) in [7, 11) is 0. The van der Waals surface area contributed by atoms with Crippen molar-refractivity contribution in [2.75, 3.05) is 0 Å². The molecule has 2 aromatic rings. The molecule has 0 bridgehead atoms. The minimum absolute atomic E-state index is 0.0300. The zero-order chi connectivity index (χ0) is 20.7. The molecule has 0 aliphatic carbocycles. The maximum atomic E-state index is 13.9. The van der Waals surface area contributed by atoms with E-state index in [1.165, 1.54) is 37.4 Å². The van der Waals surface area contributed by atoms with Crippen molar-refractivity contribution in [1.82, 2.24) is 15.6 Å². The Labute approximate surface area is 165 Å². The number of nitrogens with zero attached hydrogens (tertiary/aromatic N) is 1. The van der Waals surface area contributed by atoms with Crippen molar-refractivity contribution in [3.05, 3.63) is 64.7 Å². The number of carbonyl (C=O) groups excluding carboxylic acids is 2. The monoisotopic (exact) mass is 407 g/mol. The number of halogens is 2. The number of amides is 2. The molecule has 0 aliphatic heterocycles. The lowest BCUT2D eigenvalue weighted by Gasteiger charge is -2.21. The van der Waals surface area contributed by atoms with Gasteiger partial charge in [-0.05, 0) is 23.3 Å². The molecule has 1 aromatic carbocycles. The van der Waals surface area contributed by atoms with E-state index >= 15 is 0 Å². The zero-order valence-corrected chi connectivity index (χ0v) is 15.7. The van der Waals surface area contributed by atoms with Gasteiger partial charge < -0.3 is 15.7 Å². The molecule has 0 fully saturated rings. The van der Waals surface area contributed by atoms with Gasteiger partial charge in [0.15, 0.2) is 0 Å². The lowest BCUT2D eigenvalue weighted by molar-refractivity contribution is -0.142. The summed E-state index contributed by atoms with van der Waals surface area (Å²) in [6.07, 6.45) is 1.26. The van der Waals surface area contributed by atoms with Crippen LogP contribution in [0.1, 0.15) is 18.1 Å². The molecule has 2 atom stereocenters. The zero-order valence-electron chi connectivity index (χ0n) is 15.0. The third-order valence-electron chi connectivity index (χ3n) is 3.92. The van der Waals surface area contributed by atoms with Crippen LogP contribution in [0.25, 0.3) is 0 Å². The van der Waals surface area contributed by atoms with Crippen molar-refractivity contribution in [3.63, 3.8) is 0 Å². The van der Waals surface area contributed by atoms with E-state index in [0.29, 0.717) is 5.56 Å². The first-order valence-corrected chi connectivity index (χ1v) is 8.78. The van der Waals surface area contributed by atoms with Crippen LogP contribution in [0.5, 0.6) is 0 Å². The molecule has 0 aliphatic rings. The Balaban J connectivity index is 2.14. The molecule has 7 nitrogen and oxygen atoms in total. The Morgan fingerprint density at radius 2 is 1.82 bits per heavy atom. The van der Waals surface area contributed by atoms with Crippen LogP contribution in [0, 0.1) is 5.82 Å². The molecule has 2 amide bonds. The van der Waals surface area contributed by atoms with Gasteiger partial charge in [0.25, 0.3) is 0 Å². The molecule has 28 heavy (non-hydrogen) atoms. The third kappa shape index (κ3) is 6.31. The Hall–Kier alpha value is -3.00. The largest absolute Gasteiger partial charge is 0.480 e. The van der Waals surface area contributed by atoms with Gasteiger partial charge in [0.2, 0.25) is 11.8 Å². The number of hydrogen-bond donors (Lipinski definition) is 3. The van der Waals surface area contributed by atoms with Gasteiger partial charge in [-0.1, -0.05) is 35.9 Å². The average molecular weight is 408 g/mol. The second-order valence-electron chi connectivity index (χ2n) is 6.14. The summed E-state index contributed by atoms with van der Waals surface area (Å²) in [4.78, 5) is 39.5. The molecule has 0 saturated heterocycles. The number of rotatable bonds is 8. The first-order valence-electron chi connectivity index (χ1n) is 8.40. The molecule has 148 valence electrons. The number of hydrogen-bond acceptors (Lipinski definition) is 4. The smallest absolute Gasteiger partial charge is 0.326 e. The second kappa shape index (κ2) is 9.80. The van der Waals surface area contributed by atoms with E-state index in [-0.39, 0.29) is 23.6 Å². The molecule has 1 heterocycles. The summed E-state index contributed by atoms with van der Waals surface area (Å²) >= 11 is 5.71. The fraction of sp³-hybridized carbons (Fsp3) is 0.263. The highest BCUT2D eigenvalue weighted by Crippen LogP contribution is 2.11. The molecule has 0 radical (unpaired) electrons. The van der Waals surface area contributed by atoms with Crippen LogP contribution >= 0.6 is 11.6 Å². The van der Waals surface area contributed by atoms with Crippen molar-refractivity contribution in [3.8, 4) is 0 Å². The number of carbonyl (C=O) groups is 3. The van der Waals surface area contributed by atoms with Crippen LogP contribution in [-0.2, 0) is 27.2 Å². The van der Waals surface area contributed by atoms with Gasteiger partial charge in [0.1, 0.15) is 23.1 Å². The predicted octanol–water partition coefficient (Wildman–Crippen LogP) is 1.73. The lowest BCUT2D eigenvalue weighted by atomic mass is 10.0. The van der Waals surface area contributed by atoms with Gasteiger partial charge in [0, 0.05) is 26.0 Å². The first-order chi connectivity index (χ1) is 13.3. The van der Waals surface area contributed by atoms with Gasteiger partial charge in [-0.15, -0.1) is 0 Å². The van der Waals surface area contributed by atoms with Crippen LogP contribution in [0.3, 0.4) is 0 Å². The lowest BCUT2D eigenvalue weighted by Crippen LogP contribution is -2.52. The maximum absolute atomic E-state index is 13.9. The van der Waals surface area contributed by atoms with Crippen molar-refractivity contribution < 1.29 is 23.9 Å². The average Bonchev–Trinajstić information content (AvgIpc) is 2.63. The molecule has 0 spiro atoms. The summed E-state index contributed by atoms with van der Waals surface area (Å²) in [6, 6.07) is 6.57. The highest BCUT2D eigenvalue weighted by atomic mass is 35.5. The van der Waals surface area contributed by atoms with E-state index in [1.54, 1.807) is 12.1 Å². The Morgan fingerprint density at radius 1 is 1.11 bits per heavy atom. The molecule has 0 saturated carbocycles. The molecular formula is C19H19ClFN3O4. The minimum atomic E-state index is -1.26. The van der Waals surface area contributed by atoms with Crippen LogP contribution < -0.4 is 10.6 Å². The number of benzene rings is 1. The standard InChI is InChI=1S/C19H19ClFN3O4/c1-11(25)23-15(9-13-4-2-3-5-14(13)21)18(26)24-16(19(27)28)8-12-6-7-17(20)22-10-12/h2-7,10,15-16H,8-9H2,1H3,(H,23,25)(H,24,26)(H,27,28)/t15-,16-/m0/s1. The Morgan fingerprint density at radius 3 is 2.39 bits per heavy atom. The molecule has 0 unspecified atom stereocenters. The highest BCUT2D eigenvalue weighted by molar-refractivity contribution is 6.29. The number of aliphatic carboxylic acids is 1. The Bertz CT molecular complexity index is 861. The van der Waals surface area contributed by atoms with E-state index in [0.717, 1.165) is 0 Å². The van der Waals surface area contributed by atoms with Crippen LogP contribution in [-0.4, -0.2) is 40.0 Å². The van der Waals surface area contributed by atoms with E-state index in [2.05, 4.69) is 15.6 Å². The molecule has 3 N–H and O–H groups in total. The van der Waals surface area contributed by atoms with Gasteiger partial charge >= 0.3 is 5.97 Å². The number of nitrogens with one attached hydrogen (secondary N) is 2. The van der Waals surface area contributed by atoms with Gasteiger partial charge in [-0.25, -0.2) is 14.2 Å². The van der Waals surface area contributed by atoms with Gasteiger partial charge in [0.05, 0.1) is 0 Å². The van der Waals surface area contributed by atoms with E-state index in [9.17, 15) is 23.9 Å². The quantitative estimate of drug-likeness (QED) is 0.577. The number of pyridine rings is 1. The van der Waals surface area contributed by atoms with Crippen molar-refractivity contribution in [1.29, 1.82) is 0 Å². The Kier molecular flexibility index (Phi) is 7.45. The molecule has 1 aromatic heterocycles. The first kappa shape index (κ1) is 21.3. The van der Waals surface area contributed by atoms with Crippen molar-refractivity contribution in [2.45, 2.75) is 31.8 Å². The van der Waals surface area contributed by atoms with Crippen molar-refractivity contribution >= 4 is 29.4 Å². The summed E-state index contributed by atoms with van der Waals surface area (Å²) in [6.45, 7) is 1.22. The molecule has 2 rings (SSSR count). The maximum Gasteiger partial charge on any atom is 0.326 e. The van der Waals surface area contributed by atoms with E-state index < -0.39 is 35.7 Å². The summed E-state index contributed by atoms with van der Waals surface area (Å²) < 4.78 is 13.9. The molecular weight excluding hydrogens is 389 g/mol. The second-order valence-corrected chi connectivity index (χ2v) is 6.53. The third-order valence-corrected chi connectivity index (χ3v) is 4.14. The van der Waals surface area contributed by atoms with E-state index in [4.69, 9.17) is 11.6 Å². The van der Waals surface area contributed by atoms with Crippen LogP contribution in [0.15, 0.2) is 42.6 Å². The van der Waals surface area contributed by atoms with Crippen molar-refractivity contribution in [2.24, 2.45) is 0 Å². The summed E-state index contributed by atoms with van der Waals surface area (Å²) in [5.74, 6) is -3.00. The minimum Gasteiger partial charge on any atom is -0.480 e. The SMILES string of the molecule is CC(=O)N[C@@H](Cc1ccccc1F)C(=O)N[C@@H](Cc1ccc(Cl)nc1)C(=O)O. The predicted molar refractivity (Wildman–Crippen MR) is 100 cm³/mol. The number of aromatic nitrogens is 1. The summed E-state index contributed by atoms with van der Waals surface area (Å²) in [5, 5.41) is 14.5. The highest BCUT2D eigenvalue weighted by Gasteiger charge is 2.27. The van der Waals surface area contributed by atoms with Crippen LogP contribution in [0.4, 0.5) is 4.39 Å². The molecule has 9 heteroatoms. The van der Waals surface area contributed by atoms with Crippen LogP contribution in [0.2, 0.25) is 5.15 Å². The van der Waals surface area contributed by atoms with Gasteiger partial charge in [-0.3, -0.25) is 9.59 Å².